The van der Waals surface area contributed by atoms with Crippen LogP contribution in [-0.4, -0.2) is 59.5 Å². The maximum atomic E-state index is 12.2. The summed E-state index contributed by atoms with van der Waals surface area (Å²) in [6.07, 6.45) is 0. The van der Waals surface area contributed by atoms with Gasteiger partial charge in [0.2, 0.25) is 0 Å². The highest BCUT2D eigenvalue weighted by atomic mass is 35.5. The third-order valence-electron chi connectivity index (χ3n) is 3.15. The molecule has 1 unspecified atom stereocenters. The molecule has 114 valence electrons. The number of carboxylic acids is 1. The molecular formula is C13H15ClN2O5. The molecule has 21 heavy (non-hydrogen) atoms. The van der Waals surface area contributed by atoms with Gasteiger partial charge in [0.25, 0.3) is 0 Å². The fraction of sp³-hybridized carbons (Fsp3) is 0.385. The predicted octanol–water partition coefficient (Wildman–Crippen LogP) is 1.26. The molecule has 1 heterocycles. The summed E-state index contributed by atoms with van der Waals surface area (Å²) in [4.78, 5) is 24.8. The number of urea groups is 1. The Kier molecular flexibility index (Phi) is 5.00. The van der Waals surface area contributed by atoms with Crippen molar-refractivity contribution in [3.63, 3.8) is 0 Å². The molecule has 0 spiro atoms. The summed E-state index contributed by atoms with van der Waals surface area (Å²) >= 11 is 5.76. The maximum absolute atomic E-state index is 12.2. The van der Waals surface area contributed by atoms with Gasteiger partial charge in [0, 0.05) is 11.6 Å². The van der Waals surface area contributed by atoms with Crippen molar-refractivity contribution in [1.82, 2.24) is 4.90 Å². The smallest absolute Gasteiger partial charge is 0.337 e. The molecule has 1 aromatic rings. The largest absolute Gasteiger partial charge is 0.478 e. The lowest BCUT2D eigenvalue weighted by Crippen LogP contribution is -2.52. The number of carboxylic acid groups (broad SMARTS) is 1. The zero-order valence-electron chi connectivity index (χ0n) is 11.1. The van der Waals surface area contributed by atoms with Gasteiger partial charge in [-0.1, -0.05) is 11.6 Å². The van der Waals surface area contributed by atoms with E-state index in [0.29, 0.717) is 13.2 Å². The van der Waals surface area contributed by atoms with Gasteiger partial charge in [0.15, 0.2) is 0 Å². The van der Waals surface area contributed by atoms with E-state index in [1.54, 1.807) is 0 Å². The molecule has 2 amide bonds. The van der Waals surface area contributed by atoms with Crippen LogP contribution < -0.4 is 5.32 Å². The average molecular weight is 315 g/mol. The van der Waals surface area contributed by atoms with E-state index < -0.39 is 18.0 Å². The number of aliphatic hydroxyl groups excluding tert-OH is 1. The lowest BCUT2D eigenvalue weighted by atomic mass is 10.2. The molecule has 1 saturated heterocycles. The minimum atomic E-state index is -1.19. The SMILES string of the molecule is O=C(O)c1cc(Cl)ccc1NC(=O)N1CCOCC1CO. The highest BCUT2D eigenvalue weighted by Crippen LogP contribution is 2.21. The number of ether oxygens (including phenoxy) is 1. The van der Waals surface area contributed by atoms with Crippen LogP contribution in [0.4, 0.5) is 10.5 Å². The molecule has 1 aliphatic heterocycles. The molecule has 3 N–H and O–H groups in total. The van der Waals surface area contributed by atoms with Gasteiger partial charge in [-0.15, -0.1) is 0 Å². The first kappa shape index (κ1) is 15.6. The van der Waals surface area contributed by atoms with Crippen LogP contribution in [0.5, 0.6) is 0 Å². The van der Waals surface area contributed by atoms with Crippen molar-refractivity contribution >= 4 is 29.3 Å². The zero-order chi connectivity index (χ0) is 15.4. The van der Waals surface area contributed by atoms with Gasteiger partial charge in [-0.2, -0.15) is 0 Å². The Morgan fingerprint density at radius 3 is 2.90 bits per heavy atom. The fourth-order valence-electron chi connectivity index (χ4n) is 2.06. The van der Waals surface area contributed by atoms with Crippen molar-refractivity contribution in [1.29, 1.82) is 0 Å². The molecular weight excluding hydrogens is 300 g/mol. The number of aliphatic hydroxyl groups is 1. The van der Waals surface area contributed by atoms with E-state index in [1.807, 2.05) is 0 Å². The molecule has 8 heteroatoms. The summed E-state index contributed by atoms with van der Waals surface area (Å²) in [5, 5.41) is 21.2. The highest BCUT2D eigenvalue weighted by molar-refractivity contribution is 6.31. The van der Waals surface area contributed by atoms with Crippen LogP contribution >= 0.6 is 11.6 Å². The molecule has 0 radical (unpaired) electrons. The van der Waals surface area contributed by atoms with Crippen molar-refractivity contribution < 1.29 is 24.5 Å². The lowest BCUT2D eigenvalue weighted by Gasteiger charge is -2.34. The minimum absolute atomic E-state index is 0.0929. The van der Waals surface area contributed by atoms with E-state index in [9.17, 15) is 14.7 Å². The van der Waals surface area contributed by atoms with Gasteiger partial charge < -0.3 is 25.2 Å². The number of aromatic carboxylic acids is 1. The third-order valence-corrected chi connectivity index (χ3v) is 3.39. The Hall–Kier alpha value is -1.83. The molecule has 1 aromatic carbocycles. The first-order valence-electron chi connectivity index (χ1n) is 6.32. The Labute approximate surface area is 126 Å². The number of anilines is 1. The van der Waals surface area contributed by atoms with Gasteiger partial charge in [0.05, 0.1) is 37.1 Å². The number of hydrogen-bond donors (Lipinski definition) is 3. The number of benzene rings is 1. The van der Waals surface area contributed by atoms with Crippen LogP contribution in [0.3, 0.4) is 0 Å². The topological polar surface area (TPSA) is 99.1 Å². The normalized spacial score (nSPS) is 18.4. The number of hydrogen-bond acceptors (Lipinski definition) is 4. The minimum Gasteiger partial charge on any atom is -0.478 e. The Balaban J connectivity index is 2.17. The molecule has 2 rings (SSSR count). The number of nitrogens with one attached hydrogen (secondary N) is 1. The summed E-state index contributed by atoms with van der Waals surface area (Å²) in [6.45, 7) is 0.722. The molecule has 1 atom stereocenters. The number of morpholine rings is 1. The van der Waals surface area contributed by atoms with Gasteiger partial charge in [-0.05, 0) is 18.2 Å². The van der Waals surface area contributed by atoms with Crippen LogP contribution in [0.25, 0.3) is 0 Å². The Morgan fingerprint density at radius 1 is 1.48 bits per heavy atom. The van der Waals surface area contributed by atoms with Crippen molar-refractivity contribution in [2.45, 2.75) is 6.04 Å². The monoisotopic (exact) mass is 314 g/mol. The fourth-order valence-corrected chi connectivity index (χ4v) is 2.23. The quantitative estimate of drug-likeness (QED) is 0.780. The number of rotatable bonds is 3. The molecule has 1 fully saturated rings. The molecule has 0 aromatic heterocycles. The van der Waals surface area contributed by atoms with Crippen LogP contribution in [0.1, 0.15) is 10.4 Å². The van der Waals surface area contributed by atoms with E-state index in [2.05, 4.69) is 5.32 Å². The van der Waals surface area contributed by atoms with Crippen LogP contribution in [0.15, 0.2) is 18.2 Å². The Morgan fingerprint density at radius 2 is 2.24 bits per heavy atom. The van der Waals surface area contributed by atoms with E-state index in [1.165, 1.54) is 23.1 Å². The number of nitrogens with zero attached hydrogens (tertiary/aromatic N) is 1. The second-order valence-corrected chi connectivity index (χ2v) is 4.97. The molecule has 1 aliphatic rings. The van der Waals surface area contributed by atoms with Crippen molar-refractivity contribution in [3.8, 4) is 0 Å². The van der Waals surface area contributed by atoms with E-state index in [4.69, 9.17) is 21.4 Å². The van der Waals surface area contributed by atoms with Gasteiger partial charge in [-0.25, -0.2) is 9.59 Å². The Bertz CT molecular complexity index is 551. The van der Waals surface area contributed by atoms with E-state index in [-0.39, 0.29) is 29.5 Å². The van der Waals surface area contributed by atoms with E-state index in [0.717, 1.165) is 0 Å². The van der Waals surface area contributed by atoms with E-state index >= 15 is 0 Å². The van der Waals surface area contributed by atoms with Gasteiger partial charge >= 0.3 is 12.0 Å². The summed E-state index contributed by atoms with van der Waals surface area (Å²) in [7, 11) is 0. The zero-order valence-corrected chi connectivity index (χ0v) is 11.8. The molecule has 0 saturated carbocycles. The van der Waals surface area contributed by atoms with Crippen LogP contribution in [0.2, 0.25) is 5.02 Å². The first-order chi connectivity index (χ1) is 10.0. The summed E-state index contributed by atoms with van der Waals surface area (Å²) in [5.74, 6) is -1.19. The molecule has 0 aliphatic carbocycles. The van der Waals surface area contributed by atoms with Gasteiger partial charge in [-0.3, -0.25) is 0 Å². The number of carbonyl (C=O) groups excluding carboxylic acids is 1. The molecule has 7 nitrogen and oxygen atoms in total. The van der Waals surface area contributed by atoms with Crippen molar-refractivity contribution in [2.75, 3.05) is 31.7 Å². The second kappa shape index (κ2) is 6.75. The summed E-state index contributed by atoms with van der Waals surface area (Å²) in [5.41, 5.74) is 0.0599. The summed E-state index contributed by atoms with van der Waals surface area (Å²) in [6, 6.07) is 3.26. The van der Waals surface area contributed by atoms with Crippen molar-refractivity contribution in [2.24, 2.45) is 0 Å². The highest BCUT2D eigenvalue weighted by Gasteiger charge is 2.27. The molecule has 0 bridgehead atoms. The predicted molar refractivity (Wildman–Crippen MR) is 75.8 cm³/mol. The maximum Gasteiger partial charge on any atom is 0.337 e. The van der Waals surface area contributed by atoms with Gasteiger partial charge in [0.1, 0.15) is 0 Å². The van der Waals surface area contributed by atoms with Crippen LogP contribution in [0, 0.1) is 0 Å². The number of amides is 2. The summed E-state index contributed by atoms with van der Waals surface area (Å²) < 4.78 is 5.19. The standard InChI is InChI=1S/C13H15ClN2O5/c14-8-1-2-11(10(5-8)12(18)19)15-13(20)16-3-4-21-7-9(16)6-17/h1-2,5,9,17H,3-4,6-7H2,(H,15,20)(H,18,19). The first-order valence-corrected chi connectivity index (χ1v) is 6.69. The van der Waals surface area contributed by atoms with Crippen LogP contribution in [-0.2, 0) is 4.74 Å². The number of carbonyl (C=O) groups is 2. The second-order valence-electron chi connectivity index (χ2n) is 4.53. The number of halogens is 1. The van der Waals surface area contributed by atoms with Crippen molar-refractivity contribution in [3.05, 3.63) is 28.8 Å². The third kappa shape index (κ3) is 3.63. The lowest BCUT2D eigenvalue weighted by molar-refractivity contribution is -0.00485. The average Bonchev–Trinajstić information content (AvgIpc) is 2.48.